The summed E-state index contributed by atoms with van der Waals surface area (Å²) in [6, 6.07) is 7.15. The number of H-pyrrole nitrogens is 1. The smallest absolute Gasteiger partial charge is 0.237 e. The van der Waals surface area contributed by atoms with Gasteiger partial charge in [-0.05, 0) is 22.8 Å². The standard InChI is InChI=1S/C14H20N6O/c1-3-9(2)12(15)14(21)16-8-10-5-4-6-11(7-10)13-17-19-20-18-13/h4-7,9,12H,3,8,15H2,1-2H3,(H,16,21)(H,17,18,19,20)/t9-,12-/m0/s1. The summed E-state index contributed by atoms with van der Waals surface area (Å²) < 4.78 is 0. The van der Waals surface area contributed by atoms with Crippen molar-refractivity contribution in [3.63, 3.8) is 0 Å². The molecule has 21 heavy (non-hydrogen) atoms. The first-order valence-corrected chi connectivity index (χ1v) is 6.98. The van der Waals surface area contributed by atoms with E-state index in [1.165, 1.54) is 0 Å². The quantitative estimate of drug-likeness (QED) is 0.730. The van der Waals surface area contributed by atoms with Crippen LogP contribution in [0.3, 0.4) is 0 Å². The summed E-state index contributed by atoms with van der Waals surface area (Å²) in [7, 11) is 0. The molecule has 1 heterocycles. The van der Waals surface area contributed by atoms with Crippen molar-refractivity contribution in [1.29, 1.82) is 0 Å². The van der Waals surface area contributed by atoms with E-state index >= 15 is 0 Å². The van der Waals surface area contributed by atoms with Crippen LogP contribution in [-0.2, 0) is 11.3 Å². The molecule has 2 atom stereocenters. The Balaban J connectivity index is 1.98. The number of tetrazole rings is 1. The van der Waals surface area contributed by atoms with Gasteiger partial charge in [0.25, 0.3) is 0 Å². The monoisotopic (exact) mass is 288 g/mol. The van der Waals surface area contributed by atoms with Gasteiger partial charge in [-0.2, -0.15) is 5.21 Å². The zero-order chi connectivity index (χ0) is 15.2. The van der Waals surface area contributed by atoms with E-state index in [2.05, 4.69) is 25.9 Å². The first kappa shape index (κ1) is 15.1. The summed E-state index contributed by atoms with van der Waals surface area (Å²) in [5.74, 6) is 0.560. The van der Waals surface area contributed by atoms with Crippen LogP contribution in [-0.4, -0.2) is 32.6 Å². The minimum atomic E-state index is -0.476. The van der Waals surface area contributed by atoms with Gasteiger partial charge in [-0.15, -0.1) is 10.2 Å². The Morgan fingerprint density at radius 3 is 2.95 bits per heavy atom. The molecule has 2 rings (SSSR count). The molecule has 0 aliphatic heterocycles. The lowest BCUT2D eigenvalue weighted by Gasteiger charge is -2.17. The summed E-state index contributed by atoms with van der Waals surface area (Å²) in [5.41, 5.74) is 7.71. The van der Waals surface area contributed by atoms with Crippen molar-refractivity contribution in [2.75, 3.05) is 0 Å². The molecular weight excluding hydrogens is 268 g/mol. The Hall–Kier alpha value is -2.28. The van der Waals surface area contributed by atoms with Crippen LogP contribution in [0.15, 0.2) is 24.3 Å². The minimum Gasteiger partial charge on any atom is -0.351 e. The molecule has 0 aliphatic carbocycles. The van der Waals surface area contributed by atoms with Gasteiger partial charge < -0.3 is 11.1 Å². The van der Waals surface area contributed by atoms with Gasteiger partial charge >= 0.3 is 0 Å². The summed E-state index contributed by atoms with van der Waals surface area (Å²) >= 11 is 0. The number of aromatic amines is 1. The first-order chi connectivity index (χ1) is 10.1. The Morgan fingerprint density at radius 2 is 2.29 bits per heavy atom. The average molecular weight is 288 g/mol. The predicted octanol–water partition coefficient (Wildman–Crippen LogP) is 0.856. The van der Waals surface area contributed by atoms with Gasteiger partial charge in [0, 0.05) is 12.1 Å². The predicted molar refractivity (Wildman–Crippen MR) is 78.9 cm³/mol. The van der Waals surface area contributed by atoms with Crippen LogP contribution >= 0.6 is 0 Å². The van der Waals surface area contributed by atoms with Crippen molar-refractivity contribution in [2.24, 2.45) is 11.7 Å². The Bertz CT molecular complexity index is 583. The fraction of sp³-hybridized carbons (Fsp3) is 0.429. The van der Waals surface area contributed by atoms with Gasteiger partial charge in [0.15, 0.2) is 0 Å². The zero-order valence-corrected chi connectivity index (χ0v) is 12.2. The highest BCUT2D eigenvalue weighted by atomic mass is 16.2. The summed E-state index contributed by atoms with van der Waals surface area (Å²) in [4.78, 5) is 12.0. The molecule has 0 saturated heterocycles. The molecular formula is C14H20N6O. The van der Waals surface area contributed by atoms with Crippen LogP contribution in [0, 0.1) is 5.92 Å². The van der Waals surface area contributed by atoms with E-state index in [4.69, 9.17) is 5.73 Å². The number of rotatable bonds is 6. The highest BCUT2D eigenvalue weighted by Crippen LogP contribution is 2.15. The lowest BCUT2D eigenvalue weighted by Crippen LogP contribution is -2.44. The minimum absolute atomic E-state index is 0.130. The van der Waals surface area contributed by atoms with Crippen molar-refractivity contribution in [2.45, 2.75) is 32.9 Å². The van der Waals surface area contributed by atoms with Gasteiger partial charge in [0.1, 0.15) is 0 Å². The fourth-order valence-corrected chi connectivity index (χ4v) is 1.92. The molecule has 112 valence electrons. The van der Waals surface area contributed by atoms with Crippen molar-refractivity contribution >= 4 is 5.91 Å². The normalized spacial score (nSPS) is 13.7. The van der Waals surface area contributed by atoms with Crippen molar-refractivity contribution < 1.29 is 4.79 Å². The second-order valence-electron chi connectivity index (χ2n) is 5.06. The third kappa shape index (κ3) is 3.85. The number of carbonyl (C=O) groups excluding carboxylic acids is 1. The molecule has 1 amide bonds. The largest absolute Gasteiger partial charge is 0.351 e. The van der Waals surface area contributed by atoms with Gasteiger partial charge in [-0.25, -0.2) is 0 Å². The molecule has 2 aromatic rings. The number of nitrogens with two attached hydrogens (primary N) is 1. The van der Waals surface area contributed by atoms with Gasteiger partial charge in [0.05, 0.1) is 6.04 Å². The van der Waals surface area contributed by atoms with E-state index in [0.29, 0.717) is 12.4 Å². The third-order valence-corrected chi connectivity index (χ3v) is 3.56. The van der Waals surface area contributed by atoms with Crippen LogP contribution in [0.25, 0.3) is 11.4 Å². The highest BCUT2D eigenvalue weighted by molar-refractivity contribution is 5.81. The Kier molecular flexibility index (Phi) is 4.99. The molecule has 4 N–H and O–H groups in total. The van der Waals surface area contributed by atoms with E-state index < -0.39 is 6.04 Å². The molecule has 0 radical (unpaired) electrons. The molecule has 0 saturated carbocycles. The Morgan fingerprint density at radius 1 is 1.48 bits per heavy atom. The first-order valence-electron chi connectivity index (χ1n) is 6.98. The van der Waals surface area contributed by atoms with E-state index in [1.807, 2.05) is 38.1 Å². The molecule has 0 unspecified atom stereocenters. The number of hydrogen-bond donors (Lipinski definition) is 3. The lowest BCUT2D eigenvalue weighted by atomic mass is 9.99. The van der Waals surface area contributed by atoms with Crippen molar-refractivity contribution in [3.05, 3.63) is 29.8 Å². The van der Waals surface area contributed by atoms with Gasteiger partial charge in [0.2, 0.25) is 11.7 Å². The second-order valence-corrected chi connectivity index (χ2v) is 5.06. The number of nitrogens with one attached hydrogen (secondary N) is 2. The summed E-state index contributed by atoms with van der Waals surface area (Å²) in [5, 5.41) is 16.7. The topological polar surface area (TPSA) is 110 Å². The number of hydrogen-bond acceptors (Lipinski definition) is 5. The van der Waals surface area contributed by atoms with Crippen LogP contribution in [0.5, 0.6) is 0 Å². The molecule has 7 nitrogen and oxygen atoms in total. The molecule has 0 bridgehead atoms. The average Bonchev–Trinajstić information content (AvgIpc) is 3.05. The van der Waals surface area contributed by atoms with Crippen molar-refractivity contribution in [3.8, 4) is 11.4 Å². The Labute approximate surface area is 123 Å². The van der Waals surface area contributed by atoms with Crippen LogP contribution in [0.2, 0.25) is 0 Å². The van der Waals surface area contributed by atoms with E-state index in [0.717, 1.165) is 17.5 Å². The SMILES string of the molecule is CC[C@H](C)[C@H](N)C(=O)NCc1cccc(-c2nn[nH]n2)c1. The third-order valence-electron chi connectivity index (χ3n) is 3.56. The van der Waals surface area contributed by atoms with Crippen LogP contribution < -0.4 is 11.1 Å². The second kappa shape index (κ2) is 6.94. The zero-order valence-electron chi connectivity index (χ0n) is 12.2. The van der Waals surface area contributed by atoms with Crippen LogP contribution in [0.1, 0.15) is 25.8 Å². The molecule has 0 aliphatic rings. The molecule has 0 spiro atoms. The molecule has 7 heteroatoms. The molecule has 1 aromatic heterocycles. The van der Waals surface area contributed by atoms with E-state index in [-0.39, 0.29) is 11.8 Å². The summed E-state index contributed by atoms with van der Waals surface area (Å²) in [6.07, 6.45) is 0.877. The van der Waals surface area contributed by atoms with Crippen molar-refractivity contribution in [1.82, 2.24) is 25.9 Å². The van der Waals surface area contributed by atoms with Gasteiger partial charge in [-0.3, -0.25) is 4.79 Å². The van der Waals surface area contributed by atoms with E-state index in [9.17, 15) is 4.79 Å². The molecule has 1 aromatic carbocycles. The van der Waals surface area contributed by atoms with Gasteiger partial charge in [-0.1, -0.05) is 38.5 Å². The van der Waals surface area contributed by atoms with Crippen LogP contribution in [0.4, 0.5) is 0 Å². The van der Waals surface area contributed by atoms with E-state index in [1.54, 1.807) is 0 Å². The highest BCUT2D eigenvalue weighted by Gasteiger charge is 2.18. The maximum Gasteiger partial charge on any atom is 0.237 e. The molecule has 0 fully saturated rings. The maximum atomic E-state index is 12.0. The fourth-order valence-electron chi connectivity index (χ4n) is 1.92. The lowest BCUT2D eigenvalue weighted by molar-refractivity contribution is -0.123. The number of amides is 1. The number of carbonyl (C=O) groups is 1. The number of nitrogens with zero attached hydrogens (tertiary/aromatic N) is 3. The maximum absolute atomic E-state index is 12.0. The number of aromatic nitrogens is 4. The summed E-state index contributed by atoms with van der Waals surface area (Å²) in [6.45, 7) is 4.42. The number of benzene rings is 1.